The first-order valence-corrected chi connectivity index (χ1v) is 8.65. The lowest BCUT2D eigenvalue weighted by Gasteiger charge is -2.29. The maximum absolute atomic E-state index is 12.8. The zero-order chi connectivity index (χ0) is 16.4. The number of carbonyl (C=O) groups is 1. The van der Waals surface area contributed by atoms with Gasteiger partial charge in [-0.2, -0.15) is 0 Å². The molecule has 2 N–H and O–H groups in total. The summed E-state index contributed by atoms with van der Waals surface area (Å²) in [5, 5.41) is 0. The normalized spacial score (nSPS) is 22.2. The third kappa shape index (κ3) is 3.63. The average Bonchev–Trinajstić information content (AvgIpc) is 3.18. The quantitative estimate of drug-likeness (QED) is 0.918. The van der Waals surface area contributed by atoms with Crippen molar-refractivity contribution in [3.8, 4) is 0 Å². The Bertz CT molecular complexity index is 550. The number of amides is 1. The number of nitrogens with two attached hydrogens (primary N) is 1. The number of likely N-dealkylation sites (N-methyl/N-ethyl adjacent to an activating group) is 1. The molecule has 23 heavy (non-hydrogen) atoms. The lowest BCUT2D eigenvalue weighted by atomic mass is 10.1. The summed E-state index contributed by atoms with van der Waals surface area (Å²) in [6.07, 6.45) is 6.98. The van der Waals surface area contributed by atoms with E-state index in [9.17, 15) is 4.79 Å². The molecule has 2 fully saturated rings. The van der Waals surface area contributed by atoms with Crippen molar-refractivity contribution >= 4 is 11.7 Å². The van der Waals surface area contributed by atoms with Gasteiger partial charge in [0.2, 0.25) is 5.91 Å². The van der Waals surface area contributed by atoms with E-state index in [4.69, 9.17) is 5.73 Å². The van der Waals surface area contributed by atoms with E-state index < -0.39 is 0 Å². The van der Waals surface area contributed by atoms with Crippen molar-refractivity contribution in [3.05, 3.63) is 17.6 Å². The van der Waals surface area contributed by atoms with Crippen molar-refractivity contribution in [1.82, 2.24) is 19.8 Å². The fourth-order valence-electron chi connectivity index (χ4n) is 3.94. The van der Waals surface area contributed by atoms with Gasteiger partial charge in [-0.25, -0.2) is 9.97 Å². The summed E-state index contributed by atoms with van der Waals surface area (Å²) in [7, 11) is 2.08. The third-order valence-electron chi connectivity index (χ3n) is 5.12. The van der Waals surface area contributed by atoms with E-state index in [1.807, 2.05) is 17.9 Å². The SMILES string of the molecule is Cc1nc(N)cc(C2CCCN2C(=O)CN(C)C2CCCC2)n1. The molecule has 0 radical (unpaired) electrons. The van der Waals surface area contributed by atoms with Gasteiger partial charge >= 0.3 is 0 Å². The van der Waals surface area contributed by atoms with Crippen LogP contribution in [0.15, 0.2) is 6.07 Å². The largest absolute Gasteiger partial charge is 0.384 e. The van der Waals surface area contributed by atoms with E-state index in [1.165, 1.54) is 25.7 Å². The molecule has 1 aromatic heterocycles. The predicted molar refractivity (Wildman–Crippen MR) is 89.8 cm³/mol. The highest BCUT2D eigenvalue weighted by molar-refractivity contribution is 5.79. The summed E-state index contributed by atoms with van der Waals surface area (Å²) in [5.41, 5.74) is 6.73. The topological polar surface area (TPSA) is 75.3 Å². The molecule has 1 saturated heterocycles. The standard InChI is InChI=1S/C17H27N5O/c1-12-19-14(10-16(18)20-12)15-8-5-9-22(15)17(23)11-21(2)13-6-3-4-7-13/h10,13,15H,3-9,11H2,1-2H3,(H2,18,19,20). The molecule has 0 aromatic carbocycles. The molecule has 0 spiro atoms. The van der Waals surface area contributed by atoms with Crippen LogP contribution >= 0.6 is 0 Å². The molecule has 1 aliphatic carbocycles. The van der Waals surface area contributed by atoms with Gasteiger partial charge in [0.25, 0.3) is 0 Å². The van der Waals surface area contributed by atoms with Crippen LogP contribution < -0.4 is 5.73 Å². The number of aromatic nitrogens is 2. The molecule has 1 atom stereocenters. The van der Waals surface area contributed by atoms with Gasteiger partial charge in [-0.05, 0) is 39.7 Å². The van der Waals surface area contributed by atoms with E-state index in [1.54, 1.807) is 0 Å². The number of aryl methyl sites for hydroxylation is 1. The van der Waals surface area contributed by atoms with Crippen LogP contribution in [-0.4, -0.2) is 51.9 Å². The Morgan fingerprint density at radius 1 is 1.30 bits per heavy atom. The molecule has 2 aliphatic rings. The van der Waals surface area contributed by atoms with Crippen LogP contribution in [0.2, 0.25) is 0 Å². The molecule has 1 aromatic rings. The van der Waals surface area contributed by atoms with Gasteiger partial charge in [0.15, 0.2) is 0 Å². The lowest BCUT2D eigenvalue weighted by molar-refractivity contribution is -0.133. The minimum Gasteiger partial charge on any atom is -0.384 e. The van der Waals surface area contributed by atoms with Crippen molar-refractivity contribution in [3.63, 3.8) is 0 Å². The van der Waals surface area contributed by atoms with Gasteiger partial charge in [0, 0.05) is 18.7 Å². The second kappa shape index (κ2) is 6.83. The second-order valence-corrected chi connectivity index (χ2v) is 6.86. The maximum Gasteiger partial charge on any atom is 0.237 e. The van der Waals surface area contributed by atoms with Crippen LogP contribution in [0.5, 0.6) is 0 Å². The number of hydrogen-bond donors (Lipinski definition) is 1. The van der Waals surface area contributed by atoms with Crippen LogP contribution in [0.3, 0.4) is 0 Å². The number of carbonyl (C=O) groups excluding carboxylic acids is 1. The number of anilines is 1. The molecule has 6 heteroatoms. The molecule has 1 unspecified atom stereocenters. The van der Waals surface area contributed by atoms with Crippen LogP contribution in [0.25, 0.3) is 0 Å². The van der Waals surface area contributed by atoms with Crippen LogP contribution in [0.1, 0.15) is 56.1 Å². The highest BCUT2D eigenvalue weighted by Gasteiger charge is 2.32. The number of hydrogen-bond acceptors (Lipinski definition) is 5. The first-order valence-electron chi connectivity index (χ1n) is 8.65. The highest BCUT2D eigenvalue weighted by Crippen LogP contribution is 2.32. The highest BCUT2D eigenvalue weighted by atomic mass is 16.2. The molecule has 6 nitrogen and oxygen atoms in total. The molecule has 1 saturated carbocycles. The Labute approximate surface area is 138 Å². The van der Waals surface area contributed by atoms with Crippen molar-refractivity contribution in [2.75, 3.05) is 25.9 Å². The van der Waals surface area contributed by atoms with E-state index in [0.717, 1.165) is 25.1 Å². The molecule has 0 bridgehead atoms. The molecular formula is C17H27N5O. The van der Waals surface area contributed by atoms with Crippen LogP contribution in [0, 0.1) is 6.92 Å². The number of nitrogens with zero attached hydrogens (tertiary/aromatic N) is 4. The lowest BCUT2D eigenvalue weighted by Crippen LogP contribution is -2.42. The number of likely N-dealkylation sites (tertiary alicyclic amines) is 1. The Morgan fingerprint density at radius 3 is 2.74 bits per heavy atom. The Kier molecular flexibility index (Phi) is 4.80. The summed E-state index contributed by atoms with van der Waals surface area (Å²) < 4.78 is 0. The van der Waals surface area contributed by atoms with E-state index in [0.29, 0.717) is 24.2 Å². The van der Waals surface area contributed by atoms with E-state index in [2.05, 4.69) is 21.9 Å². The van der Waals surface area contributed by atoms with Gasteiger partial charge in [0.05, 0.1) is 18.3 Å². The summed E-state index contributed by atoms with van der Waals surface area (Å²) in [6.45, 7) is 3.15. The first kappa shape index (κ1) is 16.2. The van der Waals surface area contributed by atoms with Gasteiger partial charge in [-0.1, -0.05) is 12.8 Å². The monoisotopic (exact) mass is 317 g/mol. The number of nitrogen functional groups attached to an aromatic ring is 1. The minimum atomic E-state index is 0.0449. The van der Waals surface area contributed by atoms with Crippen molar-refractivity contribution < 1.29 is 4.79 Å². The molecule has 1 aliphatic heterocycles. The average molecular weight is 317 g/mol. The van der Waals surface area contributed by atoms with Crippen molar-refractivity contribution in [2.45, 2.75) is 57.5 Å². The molecule has 2 heterocycles. The molecule has 1 amide bonds. The van der Waals surface area contributed by atoms with Crippen LogP contribution in [-0.2, 0) is 4.79 Å². The van der Waals surface area contributed by atoms with Gasteiger partial charge in [-0.15, -0.1) is 0 Å². The van der Waals surface area contributed by atoms with Crippen molar-refractivity contribution in [2.24, 2.45) is 0 Å². The molecule has 3 rings (SSSR count). The van der Waals surface area contributed by atoms with Gasteiger partial charge < -0.3 is 10.6 Å². The van der Waals surface area contributed by atoms with E-state index in [-0.39, 0.29) is 11.9 Å². The number of rotatable bonds is 4. The Morgan fingerprint density at radius 2 is 2.04 bits per heavy atom. The Balaban J connectivity index is 1.69. The first-order chi connectivity index (χ1) is 11.0. The van der Waals surface area contributed by atoms with Crippen molar-refractivity contribution in [1.29, 1.82) is 0 Å². The zero-order valence-electron chi connectivity index (χ0n) is 14.2. The predicted octanol–water partition coefficient (Wildman–Crippen LogP) is 1.91. The van der Waals surface area contributed by atoms with E-state index >= 15 is 0 Å². The minimum absolute atomic E-state index is 0.0449. The van der Waals surface area contributed by atoms with Gasteiger partial charge in [-0.3, -0.25) is 9.69 Å². The maximum atomic E-state index is 12.8. The fourth-order valence-corrected chi connectivity index (χ4v) is 3.94. The second-order valence-electron chi connectivity index (χ2n) is 6.86. The fraction of sp³-hybridized carbons (Fsp3) is 0.706. The molecule has 126 valence electrons. The third-order valence-corrected chi connectivity index (χ3v) is 5.12. The molecular weight excluding hydrogens is 290 g/mol. The summed E-state index contributed by atoms with van der Waals surface area (Å²) in [6, 6.07) is 2.42. The Hall–Kier alpha value is -1.69. The van der Waals surface area contributed by atoms with Crippen LogP contribution in [0.4, 0.5) is 5.82 Å². The summed E-state index contributed by atoms with van der Waals surface area (Å²) in [5.74, 6) is 1.36. The summed E-state index contributed by atoms with van der Waals surface area (Å²) >= 11 is 0. The van der Waals surface area contributed by atoms with Gasteiger partial charge in [0.1, 0.15) is 11.6 Å². The summed E-state index contributed by atoms with van der Waals surface area (Å²) in [4.78, 5) is 25.6. The zero-order valence-corrected chi connectivity index (χ0v) is 14.2. The smallest absolute Gasteiger partial charge is 0.237 e.